The van der Waals surface area contributed by atoms with Crippen molar-refractivity contribution in [2.24, 2.45) is 0 Å². The Morgan fingerprint density at radius 2 is 2.29 bits per heavy atom. The van der Waals surface area contributed by atoms with E-state index < -0.39 is 6.10 Å². The van der Waals surface area contributed by atoms with Crippen LogP contribution in [-0.2, 0) is 16.0 Å². The fourth-order valence-corrected chi connectivity index (χ4v) is 3.00. The number of aliphatic hydroxyl groups excluding tert-OH is 1. The van der Waals surface area contributed by atoms with E-state index in [1.165, 1.54) is 9.75 Å². The summed E-state index contributed by atoms with van der Waals surface area (Å²) in [5, 5.41) is 10.0. The molecule has 1 aromatic rings. The summed E-state index contributed by atoms with van der Waals surface area (Å²) in [6.07, 6.45) is 5.54. The highest BCUT2D eigenvalue weighted by molar-refractivity contribution is 7.11. The van der Waals surface area contributed by atoms with Crippen molar-refractivity contribution in [3.05, 3.63) is 21.9 Å². The average Bonchev–Trinajstić information content (AvgIpc) is 2.84. The lowest BCUT2D eigenvalue weighted by Crippen LogP contribution is -2.35. The summed E-state index contributed by atoms with van der Waals surface area (Å²) in [6, 6.07) is 4.27. The van der Waals surface area contributed by atoms with Gasteiger partial charge in [0.25, 0.3) is 0 Å². The summed E-state index contributed by atoms with van der Waals surface area (Å²) in [5.74, 6) is 2.40. The first-order valence-electron chi connectivity index (χ1n) is 7.11. The Morgan fingerprint density at radius 1 is 1.48 bits per heavy atom. The second-order valence-corrected chi connectivity index (χ2v) is 6.34. The molecule has 0 aliphatic rings. The summed E-state index contributed by atoms with van der Waals surface area (Å²) in [5.41, 5.74) is 0. The van der Waals surface area contributed by atoms with Gasteiger partial charge >= 0.3 is 0 Å². The van der Waals surface area contributed by atoms with Gasteiger partial charge in [0.2, 0.25) is 0 Å². The van der Waals surface area contributed by atoms with Gasteiger partial charge in [-0.3, -0.25) is 4.90 Å². The molecule has 118 valence electrons. The van der Waals surface area contributed by atoms with Gasteiger partial charge < -0.3 is 14.6 Å². The molecule has 0 aliphatic heterocycles. The number of methoxy groups -OCH3 is 1. The molecule has 5 heteroatoms. The average molecular weight is 311 g/mol. The molecule has 0 saturated heterocycles. The third-order valence-corrected chi connectivity index (χ3v) is 3.95. The molecule has 1 N–H and O–H groups in total. The number of aliphatic hydroxyl groups is 1. The fraction of sp³-hybridized carbons (Fsp3) is 0.625. The second kappa shape index (κ2) is 10.8. The molecular formula is C16H25NO3S. The summed E-state index contributed by atoms with van der Waals surface area (Å²) in [4.78, 5) is 4.84. The summed E-state index contributed by atoms with van der Waals surface area (Å²) >= 11 is 1.79. The molecule has 1 heterocycles. The molecule has 4 nitrogen and oxygen atoms in total. The van der Waals surface area contributed by atoms with Gasteiger partial charge in [0.15, 0.2) is 0 Å². The largest absolute Gasteiger partial charge is 0.389 e. The lowest BCUT2D eigenvalue weighted by Gasteiger charge is -2.24. The molecule has 0 fully saturated rings. The first kappa shape index (κ1) is 18.1. The van der Waals surface area contributed by atoms with Crippen LogP contribution in [0.2, 0.25) is 0 Å². The zero-order valence-electron chi connectivity index (χ0n) is 12.9. The van der Waals surface area contributed by atoms with E-state index >= 15 is 0 Å². The predicted octanol–water partition coefficient (Wildman–Crippen LogP) is 1.91. The Bertz CT molecular complexity index is 427. The van der Waals surface area contributed by atoms with Gasteiger partial charge in [-0.25, -0.2) is 0 Å². The van der Waals surface area contributed by atoms with Gasteiger partial charge in [0.1, 0.15) is 6.61 Å². The van der Waals surface area contributed by atoms with Crippen LogP contribution in [-0.4, -0.2) is 56.1 Å². The van der Waals surface area contributed by atoms with Crippen LogP contribution in [0.15, 0.2) is 12.1 Å². The lowest BCUT2D eigenvalue weighted by molar-refractivity contribution is 0.0246. The molecule has 0 bridgehead atoms. The van der Waals surface area contributed by atoms with Crippen molar-refractivity contribution < 1.29 is 14.6 Å². The standard InChI is InChI=1S/C16H25NO3S/c1-4-9-20-13-15(18)11-17(8-5-10-19-3)12-16-7-6-14(2)21-16/h1,6-7,15,18H,5,8-13H2,2-3H3/t15-/m0/s1. The van der Waals surface area contributed by atoms with Crippen molar-refractivity contribution in [2.45, 2.75) is 26.0 Å². The molecule has 1 aromatic heterocycles. The number of hydrogen-bond donors (Lipinski definition) is 1. The smallest absolute Gasteiger partial charge is 0.107 e. The highest BCUT2D eigenvalue weighted by Crippen LogP contribution is 2.17. The predicted molar refractivity (Wildman–Crippen MR) is 86.5 cm³/mol. The zero-order chi connectivity index (χ0) is 15.5. The van der Waals surface area contributed by atoms with E-state index in [1.807, 2.05) is 0 Å². The molecular weight excluding hydrogens is 286 g/mol. The van der Waals surface area contributed by atoms with Gasteiger partial charge in [-0.1, -0.05) is 5.92 Å². The fourth-order valence-electron chi connectivity index (χ4n) is 2.06. The molecule has 0 radical (unpaired) electrons. The Balaban J connectivity index is 2.45. The van der Waals surface area contributed by atoms with Crippen LogP contribution >= 0.6 is 11.3 Å². The van der Waals surface area contributed by atoms with Gasteiger partial charge in [-0.2, -0.15) is 0 Å². The SMILES string of the molecule is C#CCOC[C@@H](O)CN(CCCOC)Cc1ccc(C)s1. The van der Waals surface area contributed by atoms with Gasteiger partial charge in [-0.15, -0.1) is 17.8 Å². The Labute approximate surface area is 131 Å². The number of ether oxygens (including phenoxy) is 2. The monoisotopic (exact) mass is 311 g/mol. The van der Waals surface area contributed by atoms with E-state index in [2.05, 4.69) is 29.9 Å². The van der Waals surface area contributed by atoms with E-state index in [9.17, 15) is 5.11 Å². The van der Waals surface area contributed by atoms with E-state index in [0.717, 1.165) is 26.1 Å². The number of nitrogens with zero attached hydrogens (tertiary/aromatic N) is 1. The molecule has 0 aliphatic carbocycles. The minimum absolute atomic E-state index is 0.241. The van der Waals surface area contributed by atoms with Crippen LogP contribution in [0.25, 0.3) is 0 Å². The highest BCUT2D eigenvalue weighted by atomic mass is 32.1. The quantitative estimate of drug-likeness (QED) is 0.501. The molecule has 0 unspecified atom stereocenters. The van der Waals surface area contributed by atoms with Crippen LogP contribution in [0.3, 0.4) is 0 Å². The Kier molecular flexibility index (Phi) is 9.31. The number of hydrogen-bond acceptors (Lipinski definition) is 5. The third kappa shape index (κ3) is 8.20. The Morgan fingerprint density at radius 3 is 2.90 bits per heavy atom. The van der Waals surface area contributed by atoms with Crippen LogP contribution in [0.4, 0.5) is 0 Å². The van der Waals surface area contributed by atoms with Crippen molar-refractivity contribution in [3.63, 3.8) is 0 Å². The maximum absolute atomic E-state index is 10.0. The van der Waals surface area contributed by atoms with Crippen molar-refractivity contribution in [1.29, 1.82) is 0 Å². The maximum Gasteiger partial charge on any atom is 0.107 e. The van der Waals surface area contributed by atoms with Crippen molar-refractivity contribution in [2.75, 3.05) is 40.0 Å². The normalized spacial score (nSPS) is 12.5. The minimum atomic E-state index is -0.526. The van der Waals surface area contributed by atoms with Crippen molar-refractivity contribution >= 4 is 11.3 Å². The molecule has 21 heavy (non-hydrogen) atoms. The first-order valence-corrected chi connectivity index (χ1v) is 7.93. The number of rotatable bonds is 11. The number of aryl methyl sites for hydroxylation is 1. The van der Waals surface area contributed by atoms with E-state index in [1.54, 1.807) is 18.4 Å². The molecule has 1 rings (SSSR count). The van der Waals surface area contributed by atoms with Crippen molar-refractivity contribution in [3.8, 4) is 12.3 Å². The van der Waals surface area contributed by atoms with Gasteiger partial charge in [0.05, 0.1) is 12.7 Å². The molecule has 0 aromatic carbocycles. The van der Waals surface area contributed by atoms with E-state index in [0.29, 0.717) is 6.54 Å². The maximum atomic E-state index is 10.0. The van der Waals surface area contributed by atoms with Crippen LogP contribution in [0, 0.1) is 19.3 Å². The summed E-state index contributed by atoms with van der Waals surface area (Å²) < 4.78 is 10.3. The molecule has 1 atom stereocenters. The summed E-state index contributed by atoms with van der Waals surface area (Å²) in [7, 11) is 1.70. The molecule has 0 saturated carbocycles. The zero-order valence-corrected chi connectivity index (χ0v) is 13.7. The topological polar surface area (TPSA) is 41.9 Å². The van der Waals surface area contributed by atoms with Crippen LogP contribution < -0.4 is 0 Å². The second-order valence-electron chi connectivity index (χ2n) is 4.97. The minimum Gasteiger partial charge on any atom is -0.389 e. The molecule has 0 spiro atoms. The van der Waals surface area contributed by atoms with Crippen molar-refractivity contribution in [1.82, 2.24) is 4.90 Å². The summed E-state index contributed by atoms with van der Waals surface area (Å²) in [6.45, 7) is 5.64. The molecule has 0 amide bonds. The van der Waals surface area contributed by atoms with Crippen LogP contribution in [0.5, 0.6) is 0 Å². The third-order valence-electron chi connectivity index (χ3n) is 2.96. The van der Waals surface area contributed by atoms with E-state index in [-0.39, 0.29) is 13.2 Å². The number of thiophene rings is 1. The van der Waals surface area contributed by atoms with Crippen LogP contribution in [0.1, 0.15) is 16.2 Å². The van der Waals surface area contributed by atoms with Gasteiger partial charge in [-0.05, 0) is 25.5 Å². The lowest BCUT2D eigenvalue weighted by atomic mass is 10.3. The first-order chi connectivity index (χ1) is 10.2. The Hall–Kier alpha value is -0.900. The van der Waals surface area contributed by atoms with E-state index in [4.69, 9.17) is 15.9 Å². The number of terminal acetylenes is 1. The van der Waals surface area contributed by atoms with Gasteiger partial charge in [0, 0.05) is 43.1 Å². The highest BCUT2D eigenvalue weighted by Gasteiger charge is 2.13.